The Morgan fingerprint density at radius 2 is 1.71 bits per heavy atom. The van der Waals surface area contributed by atoms with Crippen molar-refractivity contribution < 1.29 is 18.0 Å². The molecule has 0 aliphatic rings. The lowest BCUT2D eigenvalue weighted by atomic mass is 9.87. The third kappa shape index (κ3) is 2.96. The van der Waals surface area contributed by atoms with E-state index < -0.39 is 28.8 Å². The molecule has 0 aliphatic carbocycles. The van der Waals surface area contributed by atoms with E-state index in [9.17, 15) is 18.0 Å². The topological polar surface area (TPSA) is 30.0 Å². The molecule has 0 atom stereocenters. The van der Waals surface area contributed by atoms with Crippen LogP contribution in [-0.4, -0.2) is 10.8 Å². The van der Waals surface area contributed by atoms with Crippen LogP contribution in [0.25, 0.3) is 0 Å². The van der Waals surface area contributed by atoms with Crippen LogP contribution in [0.3, 0.4) is 0 Å². The Hall–Kier alpha value is -2.17. The Morgan fingerprint density at radius 3 is 2.33 bits per heavy atom. The fourth-order valence-corrected chi connectivity index (χ4v) is 1.86. The second kappa shape index (κ2) is 5.31. The number of ketones is 1. The smallest absolute Gasteiger partial charge is 0.214 e. The van der Waals surface area contributed by atoms with E-state index in [1.54, 1.807) is 6.07 Å². The number of pyridine rings is 1. The number of carbonyl (C=O) groups excluding carboxylic acids is 1. The van der Waals surface area contributed by atoms with Gasteiger partial charge in [0, 0.05) is 6.20 Å². The van der Waals surface area contributed by atoms with Gasteiger partial charge in [0.25, 0.3) is 0 Å². The van der Waals surface area contributed by atoms with Crippen LogP contribution in [0, 0.1) is 17.5 Å². The van der Waals surface area contributed by atoms with Gasteiger partial charge in [-0.1, -0.05) is 20.8 Å². The molecule has 0 fully saturated rings. The van der Waals surface area contributed by atoms with E-state index in [1.165, 1.54) is 12.3 Å². The number of rotatable bonds is 2. The maximum atomic E-state index is 13.7. The molecule has 0 spiro atoms. The quantitative estimate of drug-likeness (QED) is 0.618. The predicted molar refractivity (Wildman–Crippen MR) is 72.7 cm³/mol. The molecule has 0 amide bonds. The second-order valence-electron chi connectivity index (χ2n) is 5.73. The van der Waals surface area contributed by atoms with Crippen LogP contribution >= 0.6 is 0 Å². The highest BCUT2D eigenvalue weighted by Gasteiger charge is 2.22. The lowest BCUT2D eigenvalue weighted by Crippen LogP contribution is -2.14. The Morgan fingerprint density at radius 1 is 1.05 bits per heavy atom. The Bertz CT molecular complexity index is 705. The summed E-state index contributed by atoms with van der Waals surface area (Å²) < 4.78 is 39.8. The number of hydrogen-bond donors (Lipinski definition) is 0. The minimum atomic E-state index is -1.66. The summed E-state index contributed by atoms with van der Waals surface area (Å²) in [5.41, 5.74) is 0.0773. The minimum absolute atomic E-state index is 0.00710. The average Bonchev–Trinajstić information content (AvgIpc) is 2.43. The molecule has 2 aromatic rings. The Labute approximate surface area is 120 Å². The zero-order valence-electron chi connectivity index (χ0n) is 11.9. The van der Waals surface area contributed by atoms with Crippen LogP contribution in [0.5, 0.6) is 0 Å². The number of benzene rings is 1. The van der Waals surface area contributed by atoms with Crippen molar-refractivity contribution >= 4 is 5.78 Å². The van der Waals surface area contributed by atoms with Crippen LogP contribution in [-0.2, 0) is 5.41 Å². The second-order valence-corrected chi connectivity index (χ2v) is 5.73. The van der Waals surface area contributed by atoms with Gasteiger partial charge in [0.15, 0.2) is 17.5 Å². The predicted octanol–water partition coefficient (Wildman–Crippen LogP) is 4.03. The van der Waals surface area contributed by atoms with Crippen molar-refractivity contribution in [3.05, 3.63) is 64.7 Å². The van der Waals surface area contributed by atoms with Gasteiger partial charge in [-0.25, -0.2) is 13.2 Å². The third-order valence-corrected chi connectivity index (χ3v) is 3.14. The lowest BCUT2D eigenvalue weighted by molar-refractivity contribution is 0.102. The molecular formula is C16H14F3NO. The molecule has 2 rings (SSSR count). The van der Waals surface area contributed by atoms with Gasteiger partial charge >= 0.3 is 0 Å². The summed E-state index contributed by atoms with van der Waals surface area (Å²) in [5.74, 6) is -5.27. The van der Waals surface area contributed by atoms with E-state index in [4.69, 9.17) is 0 Å². The maximum Gasteiger partial charge on any atom is 0.214 e. The maximum absolute atomic E-state index is 13.7. The molecular weight excluding hydrogens is 279 g/mol. The monoisotopic (exact) mass is 293 g/mol. The van der Waals surface area contributed by atoms with Crippen LogP contribution in [0.4, 0.5) is 13.2 Å². The number of nitrogens with zero attached hydrogens (tertiary/aromatic N) is 1. The molecule has 0 unspecified atom stereocenters. The van der Waals surface area contributed by atoms with Gasteiger partial charge in [-0.3, -0.25) is 9.78 Å². The van der Waals surface area contributed by atoms with E-state index in [1.807, 2.05) is 20.8 Å². The summed E-state index contributed by atoms with van der Waals surface area (Å²) in [5, 5.41) is 0. The van der Waals surface area contributed by atoms with Gasteiger partial charge in [0.1, 0.15) is 5.69 Å². The zero-order chi connectivity index (χ0) is 15.8. The fraction of sp³-hybridized carbons (Fsp3) is 0.250. The van der Waals surface area contributed by atoms with Gasteiger partial charge < -0.3 is 0 Å². The molecule has 110 valence electrons. The van der Waals surface area contributed by atoms with Gasteiger partial charge in [0.05, 0.1) is 5.56 Å². The molecule has 0 saturated heterocycles. The van der Waals surface area contributed by atoms with Crippen molar-refractivity contribution in [2.75, 3.05) is 0 Å². The summed E-state index contributed by atoms with van der Waals surface area (Å²) in [7, 11) is 0. The van der Waals surface area contributed by atoms with Gasteiger partial charge in [-0.05, 0) is 35.2 Å². The highest BCUT2D eigenvalue weighted by molar-refractivity contribution is 6.07. The average molecular weight is 293 g/mol. The summed E-state index contributed by atoms with van der Waals surface area (Å²) in [6, 6.07) is 4.92. The molecule has 1 heterocycles. The Kier molecular flexibility index (Phi) is 3.85. The van der Waals surface area contributed by atoms with E-state index in [0.29, 0.717) is 0 Å². The molecule has 2 nitrogen and oxygen atoms in total. The third-order valence-electron chi connectivity index (χ3n) is 3.14. The minimum Gasteiger partial charge on any atom is -0.287 e. The highest BCUT2D eigenvalue weighted by atomic mass is 19.2. The van der Waals surface area contributed by atoms with Crippen LogP contribution in [0.2, 0.25) is 0 Å². The first-order chi connectivity index (χ1) is 9.71. The van der Waals surface area contributed by atoms with Crippen molar-refractivity contribution in [3.63, 3.8) is 0 Å². The van der Waals surface area contributed by atoms with Crippen molar-refractivity contribution in [2.24, 2.45) is 0 Å². The molecule has 21 heavy (non-hydrogen) atoms. The first kappa shape index (κ1) is 15.2. The summed E-state index contributed by atoms with van der Waals surface area (Å²) in [4.78, 5) is 16.1. The van der Waals surface area contributed by atoms with Crippen molar-refractivity contribution in [1.82, 2.24) is 4.98 Å². The lowest BCUT2D eigenvalue weighted by Gasteiger charge is -2.19. The standard InChI is InChI=1S/C16H14F3NO/c1-16(2,3)9-6-7-20-12(8-9)15(21)10-4-5-11(17)14(19)13(10)18/h4-8H,1-3H3. The SMILES string of the molecule is CC(C)(C)c1ccnc(C(=O)c2ccc(F)c(F)c2F)c1. The highest BCUT2D eigenvalue weighted by Crippen LogP contribution is 2.24. The van der Waals surface area contributed by atoms with Gasteiger partial charge in [-0.15, -0.1) is 0 Å². The molecule has 1 aromatic heterocycles. The first-order valence-corrected chi connectivity index (χ1v) is 6.36. The van der Waals surface area contributed by atoms with Gasteiger partial charge in [-0.2, -0.15) is 0 Å². The van der Waals surface area contributed by atoms with E-state index in [-0.39, 0.29) is 11.1 Å². The molecule has 0 bridgehead atoms. The van der Waals surface area contributed by atoms with Crippen LogP contribution < -0.4 is 0 Å². The largest absolute Gasteiger partial charge is 0.287 e. The molecule has 5 heteroatoms. The first-order valence-electron chi connectivity index (χ1n) is 6.36. The number of halogens is 3. The number of carbonyl (C=O) groups is 1. The van der Waals surface area contributed by atoms with Crippen molar-refractivity contribution in [1.29, 1.82) is 0 Å². The summed E-state index contributed by atoms with van der Waals surface area (Å²) in [6.07, 6.45) is 1.44. The summed E-state index contributed by atoms with van der Waals surface area (Å²) >= 11 is 0. The number of aromatic nitrogens is 1. The zero-order valence-corrected chi connectivity index (χ0v) is 11.9. The fourth-order valence-electron chi connectivity index (χ4n) is 1.86. The molecule has 1 aromatic carbocycles. The van der Waals surface area contributed by atoms with Crippen LogP contribution in [0.1, 0.15) is 42.4 Å². The van der Waals surface area contributed by atoms with Gasteiger partial charge in [0.2, 0.25) is 5.78 Å². The van der Waals surface area contributed by atoms with Crippen LogP contribution in [0.15, 0.2) is 30.5 Å². The normalized spacial score (nSPS) is 11.5. The summed E-state index contributed by atoms with van der Waals surface area (Å²) in [6.45, 7) is 5.86. The van der Waals surface area contributed by atoms with E-state index in [2.05, 4.69) is 4.98 Å². The Balaban J connectivity index is 2.49. The van der Waals surface area contributed by atoms with Crippen molar-refractivity contribution in [3.8, 4) is 0 Å². The van der Waals surface area contributed by atoms with E-state index >= 15 is 0 Å². The van der Waals surface area contributed by atoms with Crippen molar-refractivity contribution in [2.45, 2.75) is 26.2 Å². The molecule has 0 aliphatic heterocycles. The number of hydrogen-bond acceptors (Lipinski definition) is 2. The molecule has 0 N–H and O–H groups in total. The molecule has 0 radical (unpaired) electrons. The molecule has 0 saturated carbocycles. The van der Waals surface area contributed by atoms with E-state index in [0.717, 1.165) is 17.7 Å².